The first-order chi connectivity index (χ1) is 16.7. The summed E-state index contributed by atoms with van der Waals surface area (Å²) in [5.74, 6) is 2.03. The molecule has 1 saturated heterocycles. The van der Waals surface area contributed by atoms with Gasteiger partial charge in [0.2, 0.25) is 0 Å². The molecular formula is C27H35N5OS. The lowest BCUT2D eigenvalue weighted by Gasteiger charge is -2.36. The summed E-state index contributed by atoms with van der Waals surface area (Å²) in [6.07, 6.45) is 8.73. The summed E-state index contributed by atoms with van der Waals surface area (Å²) in [5.41, 5.74) is 2.80. The van der Waals surface area contributed by atoms with Crippen LogP contribution in [0.3, 0.4) is 0 Å². The average molecular weight is 478 g/mol. The van der Waals surface area contributed by atoms with E-state index in [1.54, 1.807) is 0 Å². The lowest BCUT2D eigenvalue weighted by Crippen LogP contribution is -2.52. The number of unbranched alkanes of at least 4 members (excludes halogenated alkanes) is 1. The standard InChI is InChI=1S/C27H35N5OS/c1-2-3-15-28-27(33)32-18-16-31(17-19-32)25-24-21-11-7-8-12-22(21)34-26(24)30-23(29-25)14-13-20-9-5-4-6-10-20/h4-6,9-10H,2-3,7-8,11-19H2,1H3,(H,28,33). The minimum absolute atomic E-state index is 0.0670. The fraction of sp³-hybridized carbons (Fsp3) is 0.519. The second-order valence-corrected chi connectivity index (χ2v) is 10.5. The first kappa shape index (κ1) is 23.1. The maximum atomic E-state index is 12.5. The molecule has 1 aliphatic carbocycles. The number of amides is 2. The Bertz CT molecular complexity index is 1120. The van der Waals surface area contributed by atoms with Gasteiger partial charge in [-0.3, -0.25) is 0 Å². The lowest BCUT2D eigenvalue weighted by atomic mass is 9.96. The van der Waals surface area contributed by atoms with Crippen molar-refractivity contribution in [1.29, 1.82) is 0 Å². The summed E-state index contributed by atoms with van der Waals surface area (Å²) in [4.78, 5) is 29.7. The van der Waals surface area contributed by atoms with Crippen LogP contribution in [0.15, 0.2) is 30.3 Å². The number of fused-ring (bicyclic) bond motifs is 3. The number of piperazine rings is 1. The van der Waals surface area contributed by atoms with Gasteiger partial charge < -0.3 is 15.1 Å². The van der Waals surface area contributed by atoms with E-state index in [1.807, 2.05) is 16.2 Å². The normalized spacial score (nSPS) is 16.0. The van der Waals surface area contributed by atoms with Crippen LogP contribution in [0.1, 0.15) is 54.4 Å². The van der Waals surface area contributed by atoms with Crippen molar-refractivity contribution in [2.75, 3.05) is 37.6 Å². The number of hydrogen-bond donors (Lipinski definition) is 1. The summed E-state index contributed by atoms with van der Waals surface area (Å²) >= 11 is 1.88. The number of carbonyl (C=O) groups is 1. The van der Waals surface area contributed by atoms with E-state index in [1.165, 1.54) is 40.7 Å². The van der Waals surface area contributed by atoms with Gasteiger partial charge in [0.05, 0.1) is 5.39 Å². The smallest absolute Gasteiger partial charge is 0.317 e. The summed E-state index contributed by atoms with van der Waals surface area (Å²) in [6, 6.07) is 10.7. The summed E-state index contributed by atoms with van der Waals surface area (Å²) in [6.45, 7) is 5.99. The van der Waals surface area contributed by atoms with Gasteiger partial charge in [0.15, 0.2) is 0 Å². The maximum Gasteiger partial charge on any atom is 0.317 e. The molecule has 3 aromatic rings. The van der Waals surface area contributed by atoms with Crippen LogP contribution in [-0.2, 0) is 25.7 Å². The molecular weight excluding hydrogens is 442 g/mol. The number of carbonyl (C=O) groups excluding carboxylic acids is 1. The Morgan fingerprint density at radius 2 is 1.82 bits per heavy atom. The second kappa shape index (κ2) is 10.7. The quantitative estimate of drug-likeness (QED) is 0.487. The molecule has 1 N–H and O–H groups in total. The zero-order valence-corrected chi connectivity index (χ0v) is 21.0. The van der Waals surface area contributed by atoms with Crippen molar-refractivity contribution >= 4 is 33.4 Å². The van der Waals surface area contributed by atoms with E-state index >= 15 is 0 Å². The second-order valence-electron chi connectivity index (χ2n) is 9.40. The van der Waals surface area contributed by atoms with Crippen molar-refractivity contribution in [3.05, 3.63) is 52.2 Å². The van der Waals surface area contributed by atoms with Crippen LogP contribution in [-0.4, -0.2) is 53.6 Å². The van der Waals surface area contributed by atoms with E-state index in [0.29, 0.717) is 0 Å². The lowest BCUT2D eigenvalue weighted by molar-refractivity contribution is 0.194. The van der Waals surface area contributed by atoms with Crippen LogP contribution in [0, 0.1) is 0 Å². The van der Waals surface area contributed by atoms with Crippen LogP contribution in [0.2, 0.25) is 0 Å². The van der Waals surface area contributed by atoms with Gasteiger partial charge in [-0.15, -0.1) is 11.3 Å². The van der Waals surface area contributed by atoms with E-state index in [2.05, 4.69) is 47.5 Å². The molecule has 7 heteroatoms. The van der Waals surface area contributed by atoms with Gasteiger partial charge in [0.25, 0.3) is 0 Å². The average Bonchev–Trinajstić information content (AvgIpc) is 3.26. The highest BCUT2D eigenvalue weighted by Gasteiger charge is 2.27. The zero-order valence-electron chi connectivity index (χ0n) is 20.2. The molecule has 1 fully saturated rings. The largest absolute Gasteiger partial charge is 0.352 e. The fourth-order valence-corrected chi connectivity index (χ4v) is 6.30. The zero-order chi connectivity index (χ0) is 23.3. The molecule has 5 rings (SSSR count). The van der Waals surface area contributed by atoms with Gasteiger partial charge >= 0.3 is 6.03 Å². The first-order valence-electron chi connectivity index (χ1n) is 12.9. The molecule has 1 aromatic carbocycles. The van der Waals surface area contributed by atoms with E-state index in [-0.39, 0.29) is 6.03 Å². The predicted octanol–water partition coefficient (Wildman–Crippen LogP) is 4.99. The number of nitrogens with one attached hydrogen (secondary N) is 1. The number of thiophene rings is 1. The Balaban J connectivity index is 1.38. The van der Waals surface area contributed by atoms with Crippen LogP contribution in [0.25, 0.3) is 10.2 Å². The third-order valence-electron chi connectivity index (χ3n) is 6.99. The minimum Gasteiger partial charge on any atom is -0.352 e. The topological polar surface area (TPSA) is 61.4 Å². The van der Waals surface area contributed by atoms with Gasteiger partial charge in [-0.25, -0.2) is 14.8 Å². The van der Waals surface area contributed by atoms with Crippen LogP contribution >= 0.6 is 11.3 Å². The first-order valence-corrected chi connectivity index (χ1v) is 13.7. The Labute approximate surface area is 206 Å². The Morgan fingerprint density at radius 1 is 1.03 bits per heavy atom. The predicted molar refractivity (Wildman–Crippen MR) is 140 cm³/mol. The van der Waals surface area contributed by atoms with Crippen LogP contribution < -0.4 is 10.2 Å². The number of aromatic nitrogens is 2. The third kappa shape index (κ3) is 5.04. The molecule has 6 nitrogen and oxygen atoms in total. The van der Waals surface area contributed by atoms with Gasteiger partial charge in [0.1, 0.15) is 16.5 Å². The number of urea groups is 1. The van der Waals surface area contributed by atoms with Crippen molar-refractivity contribution in [2.45, 2.75) is 58.3 Å². The molecule has 180 valence electrons. The van der Waals surface area contributed by atoms with Gasteiger partial charge in [0, 0.05) is 44.0 Å². The Morgan fingerprint density at radius 3 is 2.62 bits per heavy atom. The van der Waals surface area contributed by atoms with E-state index < -0.39 is 0 Å². The highest BCUT2D eigenvalue weighted by Crippen LogP contribution is 2.40. The van der Waals surface area contributed by atoms with E-state index in [4.69, 9.17) is 9.97 Å². The summed E-state index contributed by atoms with van der Waals surface area (Å²) in [7, 11) is 0. The Kier molecular flexibility index (Phi) is 7.28. The highest BCUT2D eigenvalue weighted by molar-refractivity contribution is 7.19. The van der Waals surface area contributed by atoms with E-state index in [9.17, 15) is 4.79 Å². The molecule has 2 amide bonds. The summed E-state index contributed by atoms with van der Waals surface area (Å²) < 4.78 is 0. The molecule has 0 radical (unpaired) electrons. The van der Waals surface area contributed by atoms with Crippen molar-refractivity contribution < 1.29 is 4.79 Å². The SMILES string of the molecule is CCCCNC(=O)N1CCN(c2nc(CCc3ccccc3)nc3sc4c(c23)CCCC4)CC1. The van der Waals surface area contributed by atoms with Crippen molar-refractivity contribution in [1.82, 2.24) is 20.2 Å². The number of benzene rings is 1. The molecule has 2 aromatic heterocycles. The molecule has 0 saturated carbocycles. The molecule has 0 atom stereocenters. The van der Waals surface area contributed by atoms with Gasteiger partial charge in [-0.2, -0.15) is 0 Å². The number of anilines is 1. The highest BCUT2D eigenvalue weighted by atomic mass is 32.1. The van der Waals surface area contributed by atoms with Gasteiger partial charge in [-0.05, 0) is 49.7 Å². The summed E-state index contributed by atoms with van der Waals surface area (Å²) in [5, 5.41) is 4.34. The van der Waals surface area contributed by atoms with Crippen LogP contribution in [0.4, 0.5) is 10.6 Å². The van der Waals surface area contributed by atoms with Gasteiger partial charge in [-0.1, -0.05) is 43.7 Å². The molecule has 3 heterocycles. The van der Waals surface area contributed by atoms with Crippen molar-refractivity contribution in [2.24, 2.45) is 0 Å². The number of hydrogen-bond acceptors (Lipinski definition) is 5. The minimum atomic E-state index is 0.0670. The Hall–Kier alpha value is -2.67. The number of rotatable bonds is 7. The molecule has 1 aliphatic heterocycles. The number of nitrogens with zero attached hydrogens (tertiary/aromatic N) is 4. The van der Waals surface area contributed by atoms with Crippen LogP contribution in [0.5, 0.6) is 0 Å². The maximum absolute atomic E-state index is 12.5. The number of aryl methyl sites for hydroxylation is 4. The molecule has 0 unspecified atom stereocenters. The van der Waals surface area contributed by atoms with Crippen molar-refractivity contribution in [3.63, 3.8) is 0 Å². The molecule has 0 spiro atoms. The molecule has 2 aliphatic rings. The van der Waals surface area contributed by atoms with E-state index in [0.717, 1.165) is 81.3 Å². The molecule has 34 heavy (non-hydrogen) atoms. The van der Waals surface area contributed by atoms with Crippen molar-refractivity contribution in [3.8, 4) is 0 Å². The monoisotopic (exact) mass is 477 g/mol. The molecule has 0 bridgehead atoms. The third-order valence-corrected chi connectivity index (χ3v) is 8.18. The fourth-order valence-electron chi connectivity index (χ4n) is 5.03.